The van der Waals surface area contributed by atoms with Crippen molar-refractivity contribution in [2.75, 3.05) is 13.2 Å². The monoisotopic (exact) mass is 418 g/mol. The van der Waals surface area contributed by atoms with Crippen molar-refractivity contribution in [3.63, 3.8) is 0 Å². The van der Waals surface area contributed by atoms with Crippen molar-refractivity contribution in [2.45, 2.75) is 44.5 Å². The summed E-state index contributed by atoms with van der Waals surface area (Å²) in [6.45, 7) is 3.89. The van der Waals surface area contributed by atoms with Gasteiger partial charge < -0.3 is 24.3 Å². The smallest absolute Gasteiger partial charge is 0.167 e. The Morgan fingerprint density at radius 2 is 2.03 bits per heavy atom. The van der Waals surface area contributed by atoms with Crippen LogP contribution in [-0.2, 0) is 11.3 Å². The van der Waals surface area contributed by atoms with E-state index in [2.05, 4.69) is 27.3 Å². The summed E-state index contributed by atoms with van der Waals surface area (Å²) in [6.07, 6.45) is 5.11. The number of nitrogens with one attached hydrogen (secondary N) is 1. The second kappa shape index (κ2) is 8.67. The highest BCUT2D eigenvalue weighted by Crippen LogP contribution is 2.28. The average Bonchev–Trinajstić information content (AvgIpc) is 3.35. The van der Waals surface area contributed by atoms with Gasteiger partial charge in [0.15, 0.2) is 5.76 Å². The van der Waals surface area contributed by atoms with Gasteiger partial charge in [0.1, 0.15) is 17.6 Å². The minimum atomic E-state index is -0.630. The van der Waals surface area contributed by atoms with Crippen molar-refractivity contribution in [1.82, 2.24) is 20.0 Å². The number of aliphatic hydroxyl groups excluding tert-OH is 1. The Bertz CT molecular complexity index is 1080. The molecule has 1 aliphatic carbocycles. The maximum Gasteiger partial charge on any atom is 0.167 e. The summed E-state index contributed by atoms with van der Waals surface area (Å²) < 4.78 is 12.6. The van der Waals surface area contributed by atoms with Crippen molar-refractivity contribution in [3.05, 3.63) is 59.8 Å². The number of imidazole rings is 1. The molecule has 5 rings (SSSR count). The summed E-state index contributed by atoms with van der Waals surface area (Å²) in [5, 5.41) is 17.6. The third-order valence-electron chi connectivity index (χ3n) is 5.85. The molecule has 2 N–H and O–H groups in total. The first-order valence-corrected chi connectivity index (χ1v) is 10.7. The van der Waals surface area contributed by atoms with Gasteiger partial charge in [-0.1, -0.05) is 17.0 Å². The topological polar surface area (TPSA) is 85.3 Å². The first kappa shape index (κ1) is 20.0. The third-order valence-corrected chi connectivity index (χ3v) is 5.85. The molecule has 0 bridgehead atoms. The Hall–Kier alpha value is -2.92. The van der Waals surface area contributed by atoms with E-state index < -0.39 is 6.10 Å². The van der Waals surface area contributed by atoms with Crippen LogP contribution in [-0.4, -0.2) is 45.1 Å². The Labute approximate surface area is 181 Å². The summed E-state index contributed by atoms with van der Waals surface area (Å²) in [5.41, 5.74) is 2.74. The van der Waals surface area contributed by atoms with E-state index in [1.165, 1.54) is 0 Å². The fourth-order valence-corrected chi connectivity index (χ4v) is 3.96. The van der Waals surface area contributed by atoms with Crippen LogP contribution in [0.15, 0.2) is 47.2 Å². The zero-order valence-corrected chi connectivity index (χ0v) is 17.5. The maximum atomic E-state index is 9.79. The van der Waals surface area contributed by atoms with Crippen LogP contribution in [0.4, 0.5) is 0 Å². The molecule has 0 radical (unpaired) electrons. The van der Waals surface area contributed by atoms with Crippen LogP contribution in [0.1, 0.15) is 43.0 Å². The summed E-state index contributed by atoms with van der Waals surface area (Å²) in [5.74, 6) is 8.48. The van der Waals surface area contributed by atoms with Gasteiger partial charge in [-0.3, -0.25) is 0 Å². The molecular formula is C24H26N4O3. The Balaban J connectivity index is 1.17. The molecule has 2 aliphatic rings. The molecule has 1 aromatic carbocycles. The fraction of sp³-hybridized carbons (Fsp3) is 0.417. The van der Waals surface area contributed by atoms with E-state index in [0.717, 1.165) is 42.9 Å². The lowest BCUT2D eigenvalue weighted by molar-refractivity contribution is -0.0163. The summed E-state index contributed by atoms with van der Waals surface area (Å²) >= 11 is 0. The lowest BCUT2D eigenvalue weighted by Crippen LogP contribution is -2.54. The molecule has 0 amide bonds. The van der Waals surface area contributed by atoms with Gasteiger partial charge in [-0.25, -0.2) is 4.98 Å². The van der Waals surface area contributed by atoms with Gasteiger partial charge in [-0.2, -0.15) is 0 Å². The number of benzene rings is 1. The first-order chi connectivity index (χ1) is 15.1. The van der Waals surface area contributed by atoms with Gasteiger partial charge in [0.25, 0.3) is 0 Å². The summed E-state index contributed by atoms with van der Waals surface area (Å²) in [4.78, 5) is 4.18. The molecule has 1 saturated heterocycles. The van der Waals surface area contributed by atoms with Crippen LogP contribution in [0.5, 0.6) is 0 Å². The van der Waals surface area contributed by atoms with E-state index in [4.69, 9.17) is 9.26 Å². The van der Waals surface area contributed by atoms with E-state index in [1.54, 1.807) is 13.1 Å². The van der Waals surface area contributed by atoms with Crippen LogP contribution < -0.4 is 5.32 Å². The molecule has 1 atom stereocenters. The van der Waals surface area contributed by atoms with Crippen LogP contribution in [0, 0.1) is 17.8 Å². The van der Waals surface area contributed by atoms with Gasteiger partial charge >= 0.3 is 0 Å². The van der Waals surface area contributed by atoms with Crippen molar-refractivity contribution < 1.29 is 14.4 Å². The van der Waals surface area contributed by atoms with Crippen LogP contribution in [0.3, 0.4) is 0 Å². The lowest BCUT2D eigenvalue weighted by atomic mass is 9.80. The maximum absolute atomic E-state index is 9.79. The Kier molecular flexibility index (Phi) is 5.60. The molecule has 1 aliphatic heterocycles. The molecule has 3 heterocycles. The standard InChI is InChI=1S/C24H26N4O3/c1-16(29)24-25-8-9-28(24)13-21-12-23(31-27-21)19-6-4-17(5-7-19)2-3-18-10-20(11-18)26-22-14-30-15-22/h4-9,12,16,18,20,22,26,29H,10-11,13-15H2,1H3. The molecule has 1 unspecified atom stereocenters. The number of aliphatic hydroxyl groups is 1. The number of aromatic nitrogens is 3. The second-order valence-electron chi connectivity index (χ2n) is 8.38. The number of hydrogen-bond acceptors (Lipinski definition) is 6. The molecule has 0 spiro atoms. The van der Waals surface area contributed by atoms with Crippen molar-refractivity contribution in [3.8, 4) is 23.2 Å². The highest BCUT2D eigenvalue weighted by atomic mass is 16.5. The van der Waals surface area contributed by atoms with Crippen molar-refractivity contribution in [2.24, 2.45) is 5.92 Å². The number of hydrogen-bond donors (Lipinski definition) is 2. The predicted octanol–water partition coefficient (Wildman–Crippen LogP) is 2.76. The normalized spacial score (nSPS) is 21.6. The van der Waals surface area contributed by atoms with Crippen molar-refractivity contribution >= 4 is 0 Å². The number of ether oxygens (including phenoxy) is 1. The lowest BCUT2D eigenvalue weighted by Gasteiger charge is -2.38. The van der Waals surface area contributed by atoms with Gasteiger partial charge in [-0.15, -0.1) is 0 Å². The van der Waals surface area contributed by atoms with Crippen molar-refractivity contribution in [1.29, 1.82) is 0 Å². The highest BCUT2D eigenvalue weighted by molar-refractivity contribution is 5.59. The van der Waals surface area contributed by atoms with Crippen LogP contribution >= 0.6 is 0 Å². The van der Waals surface area contributed by atoms with Crippen LogP contribution in [0.2, 0.25) is 0 Å². The van der Waals surface area contributed by atoms with E-state index in [0.29, 0.717) is 36.1 Å². The Morgan fingerprint density at radius 3 is 2.74 bits per heavy atom. The second-order valence-corrected chi connectivity index (χ2v) is 8.38. The molecule has 7 heteroatoms. The Morgan fingerprint density at radius 1 is 1.23 bits per heavy atom. The zero-order chi connectivity index (χ0) is 21.2. The minimum Gasteiger partial charge on any atom is -0.385 e. The number of nitrogens with zero attached hydrogens (tertiary/aromatic N) is 3. The molecule has 2 fully saturated rings. The van der Waals surface area contributed by atoms with Gasteiger partial charge in [-0.05, 0) is 44.0 Å². The molecule has 7 nitrogen and oxygen atoms in total. The van der Waals surface area contributed by atoms with E-state index in [9.17, 15) is 5.11 Å². The van der Waals surface area contributed by atoms with E-state index >= 15 is 0 Å². The molecular weight excluding hydrogens is 392 g/mol. The quantitative estimate of drug-likeness (QED) is 0.599. The van der Waals surface area contributed by atoms with E-state index in [1.807, 2.05) is 41.1 Å². The number of rotatable bonds is 6. The average molecular weight is 418 g/mol. The van der Waals surface area contributed by atoms with Crippen LogP contribution in [0.25, 0.3) is 11.3 Å². The molecule has 31 heavy (non-hydrogen) atoms. The minimum absolute atomic E-state index is 0.477. The largest absolute Gasteiger partial charge is 0.385 e. The molecule has 2 aromatic heterocycles. The summed E-state index contributed by atoms with van der Waals surface area (Å²) in [7, 11) is 0. The SMILES string of the molecule is CC(O)c1nccn1Cc1cc(-c2ccc(C#CC3CC(NC4COC4)C3)cc2)on1. The predicted molar refractivity (Wildman–Crippen MR) is 115 cm³/mol. The zero-order valence-electron chi connectivity index (χ0n) is 17.5. The molecule has 160 valence electrons. The van der Waals surface area contributed by atoms with Gasteiger partial charge in [0, 0.05) is 41.5 Å². The highest BCUT2D eigenvalue weighted by Gasteiger charge is 2.31. The summed E-state index contributed by atoms with van der Waals surface area (Å²) in [6, 6.07) is 11.1. The van der Waals surface area contributed by atoms with Gasteiger partial charge in [0.2, 0.25) is 0 Å². The third kappa shape index (κ3) is 4.57. The first-order valence-electron chi connectivity index (χ1n) is 10.7. The fourth-order valence-electron chi connectivity index (χ4n) is 3.96. The molecule has 3 aromatic rings. The van der Waals surface area contributed by atoms with Gasteiger partial charge in [0.05, 0.1) is 25.8 Å². The molecule has 1 saturated carbocycles. The van der Waals surface area contributed by atoms with E-state index in [-0.39, 0.29) is 0 Å².